The van der Waals surface area contributed by atoms with E-state index in [1.54, 1.807) is 0 Å². The minimum Gasteiger partial charge on any atom is -0.508 e. The minimum atomic E-state index is 0.114. The molecule has 0 saturated heterocycles. The van der Waals surface area contributed by atoms with Crippen molar-refractivity contribution in [2.45, 2.75) is 73.6 Å². The van der Waals surface area contributed by atoms with E-state index in [4.69, 9.17) is 0 Å². The zero-order chi connectivity index (χ0) is 15.9. The molecule has 0 bridgehead atoms. The molecule has 116 valence electrons. The van der Waals surface area contributed by atoms with Gasteiger partial charge in [-0.05, 0) is 51.5 Å². The average molecular weight is 343 g/mol. The Balaban J connectivity index is 0.000000388. The first kappa shape index (κ1) is 19.5. The molecule has 0 radical (unpaired) electrons. The fourth-order valence-electron chi connectivity index (χ4n) is 2.43. The number of halogens is 1. The standard InChI is InChI=1S/C10H15BrO.C8H16/c1-6(2)7(3)10(8(4)11)9(5)12;1-8(2)6-4-3-5-7-8/h12H,5H2,1-4H3;3-7H2,1-2H3/b10-8-;. The molecular weight excluding hydrogens is 312 g/mol. The quantitative estimate of drug-likeness (QED) is 0.420. The summed E-state index contributed by atoms with van der Waals surface area (Å²) in [5.74, 6) is 0.114. The number of aliphatic hydroxyl groups excluding tert-OH is 1. The van der Waals surface area contributed by atoms with Crippen LogP contribution in [0.2, 0.25) is 0 Å². The van der Waals surface area contributed by atoms with Crippen molar-refractivity contribution in [3.63, 3.8) is 0 Å². The topological polar surface area (TPSA) is 20.2 Å². The molecule has 0 atom stereocenters. The number of hydrogen-bond acceptors (Lipinski definition) is 1. The first-order valence-corrected chi connectivity index (χ1v) is 8.27. The summed E-state index contributed by atoms with van der Waals surface area (Å²) in [5, 5.41) is 9.29. The van der Waals surface area contributed by atoms with Gasteiger partial charge in [-0.3, -0.25) is 0 Å². The maximum atomic E-state index is 9.29. The Labute approximate surface area is 134 Å². The molecule has 1 N–H and O–H groups in total. The average Bonchev–Trinajstić information content (AvgIpc) is 2.28. The summed E-state index contributed by atoms with van der Waals surface area (Å²) >= 11 is 3.33. The summed E-state index contributed by atoms with van der Waals surface area (Å²) < 4.78 is 0.911. The summed E-state index contributed by atoms with van der Waals surface area (Å²) in [7, 11) is 0. The molecule has 0 aromatic rings. The summed E-state index contributed by atoms with van der Waals surface area (Å²) in [6.07, 6.45) is 7.31. The van der Waals surface area contributed by atoms with E-state index in [1.165, 1.54) is 37.7 Å². The van der Waals surface area contributed by atoms with Gasteiger partial charge in [0.05, 0.1) is 0 Å². The molecular formula is C18H31BrO. The number of allylic oxidation sites excluding steroid dienone is 3. The van der Waals surface area contributed by atoms with Crippen LogP contribution in [0.5, 0.6) is 0 Å². The normalized spacial score (nSPS) is 18.4. The monoisotopic (exact) mass is 342 g/mol. The zero-order valence-electron chi connectivity index (χ0n) is 14.1. The number of hydrogen-bond donors (Lipinski definition) is 1. The second-order valence-electron chi connectivity index (χ2n) is 6.71. The lowest BCUT2D eigenvalue weighted by atomic mass is 9.78. The molecule has 1 saturated carbocycles. The highest BCUT2D eigenvalue weighted by Crippen LogP contribution is 2.34. The second-order valence-corrected chi connectivity index (χ2v) is 7.89. The van der Waals surface area contributed by atoms with E-state index < -0.39 is 0 Å². The van der Waals surface area contributed by atoms with Gasteiger partial charge in [-0.1, -0.05) is 61.2 Å². The Morgan fingerprint density at radius 2 is 1.45 bits per heavy atom. The zero-order valence-corrected chi connectivity index (χ0v) is 15.7. The van der Waals surface area contributed by atoms with Crippen LogP contribution in [0, 0.1) is 5.41 Å². The highest BCUT2D eigenvalue weighted by Gasteiger charge is 2.19. The summed E-state index contributed by atoms with van der Waals surface area (Å²) in [6, 6.07) is 0. The molecule has 20 heavy (non-hydrogen) atoms. The lowest BCUT2D eigenvalue weighted by Gasteiger charge is -2.28. The SMILES string of the molecule is C=C(O)/C(C(C)=C(C)C)=C(/C)Br.CC1(C)CCCCC1. The Hall–Kier alpha value is -0.500. The van der Waals surface area contributed by atoms with Crippen molar-refractivity contribution in [1.82, 2.24) is 0 Å². The fourth-order valence-corrected chi connectivity index (χ4v) is 2.96. The summed E-state index contributed by atoms with van der Waals surface area (Å²) in [4.78, 5) is 0. The van der Waals surface area contributed by atoms with E-state index in [0.717, 1.165) is 15.6 Å². The van der Waals surface area contributed by atoms with Crippen molar-refractivity contribution >= 4 is 15.9 Å². The molecule has 0 aromatic heterocycles. The Morgan fingerprint density at radius 3 is 1.60 bits per heavy atom. The first-order chi connectivity index (χ1) is 9.08. The van der Waals surface area contributed by atoms with Gasteiger partial charge in [0.25, 0.3) is 0 Å². The lowest BCUT2D eigenvalue weighted by Crippen LogP contribution is -2.14. The lowest BCUT2D eigenvalue weighted by molar-refractivity contribution is 0.244. The highest BCUT2D eigenvalue weighted by molar-refractivity contribution is 9.11. The maximum Gasteiger partial charge on any atom is 0.116 e. The van der Waals surface area contributed by atoms with Crippen molar-refractivity contribution < 1.29 is 5.11 Å². The Morgan fingerprint density at radius 1 is 1.00 bits per heavy atom. The van der Waals surface area contributed by atoms with Crippen LogP contribution in [-0.4, -0.2) is 5.11 Å². The molecule has 1 aliphatic carbocycles. The van der Waals surface area contributed by atoms with Gasteiger partial charge in [0.2, 0.25) is 0 Å². The van der Waals surface area contributed by atoms with Crippen molar-refractivity contribution in [3.05, 3.63) is 33.5 Å². The van der Waals surface area contributed by atoms with E-state index in [9.17, 15) is 5.11 Å². The van der Waals surface area contributed by atoms with Crippen LogP contribution in [0.3, 0.4) is 0 Å². The maximum absolute atomic E-state index is 9.29. The van der Waals surface area contributed by atoms with Gasteiger partial charge in [0, 0.05) is 10.1 Å². The third kappa shape index (κ3) is 7.33. The van der Waals surface area contributed by atoms with Crippen LogP contribution in [0.25, 0.3) is 0 Å². The molecule has 0 aromatic carbocycles. The smallest absolute Gasteiger partial charge is 0.116 e. The van der Waals surface area contributed by atoms with Crippen LogP contribution in [-0.2, 0) is 0 Å². The Kier molecular flexibility index (Phi) is 8.50. The van der Waals surface area contributed by atoms with E-state index in [1.807, 2.05) is 27.7 Å². The van der Waals surface area contributed by atoms with Gasteiger partial charge in [-0.15, -0.1) is 0 Å². The number of aliphatic hydroxyl groups is 1. The first-order valence-electron chi connectivity index (χ1n) is 7.47. The van der Waals surface area contributed by atoms with Gasteiger partial charge in [0.1, 0.15) is 5.76 Å². The predicted molar refractivity (Wildman–Crippen MR) is 94.3 cm³/mol. The van der Waals surface area contributed by atoms with E-state index >= 15 is 0 Å². The molecule has 2 heteroatoms. The van der Waals surface area contributed by atoms with Crippen LogP contribution >= 0.6 is 15.9 Å². The molecule has 0 aliphatic heterocycles. The van der Waals surface area contributed by atoms with Gasteiger partial charge >= 0.3 is 0 Å². The van der Waals surface area contributed by atoms with Crippen molar-refractivity contribution in [2.24, 2.45) is 5.41 Å². The molecule has 1 aliphatic rings. The van der Waals surface area contributed by atoms with Crippen LogP contribution in [0.1, 0.15) is 73.6 Å². The molecule has 1 rings (SSSR count). The molecule has 0 amide bonds. The van der Waals surface area contributed by atoms with Crippen LogP contribution in [0.15, 0.2) is 33.5 Å². The van der Waals surface area contributed by atoms with Gasteiger partial charge < -0.3 is 5.11 Å². The highest BCUT2D eigenvalue weighted by atomic mass is 79.9. The van der Waals surface area contributed by atoms with Crippen molar-refractivity contribution in [2.75, 3.05) is 0 Å². The van der Waals surface area contributed by atoms with Crippen molar-refractivity contribution in [3.8, 4) is 0 Å². The van der Waals surface area contributed by atoms with Gasteiger partial charge in [0.15, 0.2) is 0 Å². The van der Waals surface area contributed by atoms with Gasteiger partial charge in [-0.2, -0.15) is 0 Å². The number of rotatable bonds is 2. The second kappa shape index (κ2) is 8.71. The fraction of sp³-hybridized carbons (Fsp3) is 0.667. The van der Waals surface area contributed by atoms with Crippen LogP contribution < -0.4 is 0 Å². The van der Waals surface area contributed by atoms with E-state index in [0.29, 0.717) is 5.41 Å². The molecule has 1 fully saturated rings. The third-order valence-corrected chi connectivity index (χ3v) is 4.36. The summed E-state index contributed by atoms with van der Waals surface area (Å²) in [5.41, 5.74) is 3.73. The molecule has 1 nitrogen and oxygen atoms in total. The van der Waals surface area contributed by atoms with Crippen LogP contribution in [0.4, 0.5) is 0 Å². The summed E-state index contributed by atoms with van der Waals surface area (Å²) in [6.45, 7) is 16.2. The third-order valence-electron chi connectivity index (χ3n) is 3.97. The Bertz CT molecular complexity index is 384. The largest absolute Gasteiger partial charge is 0.508 e. The molecule has 0 heterocycles. The predicted octanol–water partition coefficient (Wildman–Crippen LogP) is 7.06. The van der Waals surface area contributed by atoms with Gasteiger partial charge in [-0.25, -0.2) is 0 Å². The molecule has 0 unspecified atom stereocenters. The minimum absolute atomic E-state index is 0.114. The van der Waals surface area contributed by atoms with E-state index in [-0.39, 0.29) is 5.76 Å². The van der Waals surface area contributed by atoms with Crippen molar-refractivity contribution in [1.29, 1.82) is 0 Å². The van der Waals surface area contributed by atoms with E-state index in [2.05, 4.69) is 36.4 Å². The molecule has 0 spiro atoms.